The first-order valence-corrected chi connectivity index (χ1v) is 8.21. The summed E-state index contributed by atoms with van der Waals surface area (Å²) in [5.74, 6) is -0.863. The maximum atomic E-state index is 13.1. The topological polar surface area (TPSA) is 99.2 Å². The number of benzene rings is 1. The van der Waals surface area contributed by atoms with Crippen molar-refractivity contribution in [2.45, 2.75) is 26.4 Å². The first-order chi connectivity index (χ1) is 13.0. The van der Waals surface area contributed by atoms with Crippen molar-refractivity contribution in [3.8, 4) is 5.69 Å². The van der Waals surface area contributed by atoms with E-state index in [-0.39, 0.29) is 17.9 Å². The van der Waals surface area contributed by atoms with Crippen molar-refractivity contribution in [3.63, 3.8) is 0 Å². The minimum absolute atomic E-state index is 0.116. The van der Waals surface area contributed by atoms with Gasteiger partial charge >= 0.3 is 5.97 Å². The summed E-state index contributed by atoms with van der Waals surface area (Å²) in [5, 5.41) is 6.20. The van der Waals surface area contributed by atoms with Gasteiger partial charge in [-0.3, -0.25) is 9.36 Å². The minimum atomic E-state index is -1.02. The number of anilines is 1. The summed E-state index contributed by atoms with van der Waals surface area (Å²) < 4.78 is 24.8. The highest BCUT2D eigenvalue weighted by Crippen LogP contribution is 2.15. The first-order valence-electron chi connectivity index (χ1n) is 8.21. The molecule has 3 rings (SSSR count). The Morgan fingerprint density at radius 2 is 2.07 bits per heavy atom. The van der Waals surface area contributed by atoms with Gasteiger partial charge in [0.2, 0.25) is 0 Å². The molecule has 0 aliphatic rings. The van der Waals surface area contributed by atoms with Crippen LogP contribution in [0.3, 0.4) is 0 Å². The summed E-state index contributed by atoms with van der Waals surface area (Å²) in [5.41, 5.74) is 0.654. The number of hydrogen-bond acceptors (Lipinski definition) is 6. The van der Waals surface area contributed by atoms with E-state index < -0.39 is 23.8 Å². The molecule has 0 aliphatic carbocycles. The number of amides is 1. The fourth-order valence-corrected chi connectivity index (χ4v) is 2.40. The van der Waals surface area contributed by atoms with E-state index in [0.717, 1.165) is 0 Å². The monoisotopic (exact) mass is 372 g/mol. The number of nitrogens with zero attached hydrogens (tertiary/aromatic N) is 3. The molecule has 0 saturated heterocycles. The van der Waals surface area contributed by atoms with E-state index in [4.69, 9.17) is 9.26 Å². The number of ether oxygens (including phenoxy) is 1. The molecule has 0 spiro atoms. The SMILES string of the molecule is CCC(OC(=O)c1cncn1-c1ccc(F)cc1)C(=O)Nc1cc(C)on1. The number of aryl methyl sites for hydroxylation is 1. The molecule has 0 aliphatic heterocycles. The number of rotatable bonds is 6. The number of imidazole rings is 1. The summed E-state index contributed by atoms with van der Waals surface area (Å²) in [6.07, 6.45) is 1.96. The zero-order chi connectivity index (χ0) is 19.4. The number of esters is 1. The van der Waals surface area contributed by atoms with Crippen molar-refractivity contribution >= 4 is 17.7 Å². The minimum Gasteiger partial charge on any atom is -0.448 e. The predicted octanol–water partition coefficient (Wildman–Crippen LogP) is 2.88. The van der Waals surface area contributed by atoms with Crippen molar-refractivity contribution in [3.05, 3.63) is 60.1 Å². The molecule has 1 N–H and O–H groups in total. The van der Waals surface area contributed by atoms with Gasteiger partial charge in [-0.05, 0) is 37.6 Å². The van der Waals surface area contributed by atoms with Crippen LogP contribution >= 0.6 is 0 Å². The molecule has 2 aromatic heterocycles. The highest BCUT2D eigenvalue weighted by Gasteiger charge is 2.25. The Hall–Kier alpha value is -3.49. The molecule has 140 valence electrons. The van der Waals surface area contributed by atoms with Crippen LogP contribution in [0, 0.1) is 12.7 Å². The van der Waals surface area contributed by atoms with Gasteiger partial charge in [-0.1, -0.05) is 12.1 Å². The molecule has 2 heterocycles. The van der Waals surface area contributed by atoms with E-state index in [1.165, 1.54) is 41.4 Å². The Kier molecular flexibility index (Phi) is 5.30. The van der Waals surface area contributed by atoms with Gasteiger partial charge in [0.05, 0.1) is 12.5 Å². The molecule has 1 amide bonds. The van der Waals surface area contributed by atoms with Gasteiger partial charge in [-0.25, -0.2) is 14.2 Å². The number of halogens is 1. The quantitative estimate of drug-likeness (QED) is 0.668. The van der Waals surface area contributed by atoms with Crippen molar-refractivity contribution < 1.29 is 23.2 Å². The number of hydrogen-bond donors (Lipinski definition) is 1. The lowest BCUT2D eigenvalue weighted by Gasteiger charge is -2.15. The molecule has 9 heteroatoms. The zero-order valence-corrected chi connectivity index (χ0v) is 14.7. The average molecular weight is 372 g/mol. The Morgan fingerprint density at radius 3 is 2.70 bits per heavy atom. The molecule has 1 unspecified atom stereocenters. The summed E-state index contributed by atoms with van der Waals surface area (Å²) >= 11 is 0. The molecule has 0 bridgehead atoms. The van der Waals surface area contributed by atoms with Crippen molar-refractivity contribution in [1.29, 1.82) is 0 Å². The fourth-order valence-electron chi connectivity index (χ4n) is 2.40. The average Bonchev–Trinajstić information content (AvgIpc) is 3.29. The molecular weight excluding hydrogens is 355 g/mol. The maximum absolute atomic E-state index is 13.1. The van der Waals surface area contributed by atoms with Gasteiger partial charge in [-0.2, -0.15) is 0 Å². The van der Waals surface area contributed by atoms with Gasteiger partial charge in [0, 0.05) is 11.8 Å². The van der Waals surface area contributed by atoms with Crippen LogP contribution in [0.5, 0.6) is 0 Å². The lowest BCUT2D eigenvalue weighted by atomic mass is 10.2. The third kappa shape index (κ3) is 4.20. The third-order valence-corrected chi connectivity index (χ3v) is 3.74. The van der Waals surface area contributed by atoms with E-state index in [1.807, 2.05) is 0 Å². The number of nitrogens with one attached hydrogen (secondary N) is 1. The van der Waals surface area contributed by atoms with Crippen molar-refractivity contribution in [2.24, 2.45) is 0 Å². The van der Waals surface area contributed by atoms with Crippen LogP contribution in [0.25, 0.3) is 5.69 Å². The largest absolute Gasteiger partial charge is 0.448 e. The van der Waals surface area contributed by atoms with E-state index in [2.05, 4.69) is 15.5 Å². The zero-order valence-electron chi connectivity index (χ0n) is 14.7. The van der Waals surface area contributed by atoms with Crippen LogP contribution in [0.2, 0.25) is 0 Å². The maximum Gasteiger partial charge on any atom is 0.357 e. The molecule has 0 fully saturated rings. The Balaban J connectivity index is 1.73. The standard InChI is InChI=1S/C18H17FN4O4/c1-3-15(17(24)21-16-8-11(2)27-22-16)26-18(25)14-9-20-10-23(14)13-6-4-12(19)5-7-13/h4-10,15H,3H2,1-2H3,(H,21,22,24). The van der Waals surface area contributed by atoms with Gasteiger partial charge < -0.3 is 14.6 Å². The number of aromatic nitrogens is 3. The number of carbonyl (C=O) groups excluding carboxylic acids is 2. The second-order valence-electron chi connectivity index (χ2n) is 5.74. The van der Waals surface area contributed by atoms with Crippen LogP contribution in [0.4, 0.5) is 10.2 Å². The normalized spacial score (nSPS) is 11.8. The van der Waals surface area contributed by atoms with Crippen LogP contribution in [-0.2, 0) is 9.53 Å². The van der Waals surface area contributed by atoms with Crippen molar-refractivity contribution in [1.82, 2.24) is 14.7 Å². The lowest BCUT2D eigenvalue weighted by Crippen LogP contribution is -2.32. The predicted molar refractivity (Wildman–Crippen MR) is 92.9 cm³/mol. The Morgan fingerprint density at radius 1 is 1.33 bits per heavy atom. The van der Waals surface area contributed by atoms with Crippen LogP contribution < -0.4 is 5.32 Å². The van der Waals surface area contributed by atoms with Gasteiger partial charge in [0.25, 0.3) is 5.91 Å². The fraction of sp³-hybridized carbons (Fsp3) is 0.222. The highest BCUT2D eigenvalue weighted by molar-refractivity contribution is 5.96. The van der Waals surface area contributed by atoms with Crippen LogP contribution in [0.1, 0.15) is 29.6 Å². The second kappa shape index (κ2) is 7.81. The Labute approximate surface area is 153 Å². The molecule has 1 aromatic carbocycles. The van der Waals surface area contributed by atoms with E-state index in [0.29, 0.717) is 11.4 Å². The van der Waals surface area contributed by atoms with Crippen LogP contribution in [0.15, 0.2) is 47.4 Å². The van der Waals surface area contributed by atoms with E-state index in [1.54, 1.807) is 19.9 Å². The molecular formula is C18H17FN4O4. The second-order valence-corrected chi connectivity index (χ2v) is 5.74. The third-order valence-electron chi connectivity index (χ3n) is 3.74. The molecule has 3 aromatic rings. The summed E-state index contributed by atoms with van der Waals surface area (Å²) in [7, 11) is 0. The lowest BCUT2D eigenvalue weighted by molar-refractivity contribution is -0.124. The first kappa shape index (κ1) is 18.3. The summed E-state index contributed by atoms with van der Waals surface area (Å²) in [6.45, 7) is 3.40. The summed E-state index contributed by atoms with van der Waals surface area (Å²) in [4.78, 5) is 28.8. The van der Waals surface area contributed by atoms with E-state index >= 15 is 0 Å². The summed E-state index contributed by atoms with van der Waals surface area (Å²) in [6, 6.07) is 7.10. The van der Waals surface area contributed by atoms with Crippen LogP contribution in [-0.4, -0.2) is 32.7 Å². The molecule has 27 heavy (non-hydrogen) atoms. The smallest absolute Gasteiger partial charge is 0.357 e. The van der Waals surface area contributed by atoms with Gasteiger partial charge in [0.15, 0.2) is 17.6 Å². The molecule has 1 atom stereocenters. The van der Waals surface area contributed by atoms with E-state index in [9.17, 15) is 14.0 Å². The van der Waals surface area contributed by atoms with Gasteiger partial charge in [0.1, 0.15) is 11.6 Å². The highest BCUT2D eigenvalue weighted by atomic mass is 19.1. The molecule has 0 saturated carbocycles. The number of carbonyl (C=O) groups is 2. The Bertz CT molecular complexity index is 948. The van der Waals surface area contributed by atoms with Crippen molar-refractivity contribution in [2.75, 3.05) is 5.32 Å². The van der Waals surface area contributed by atoms with Gasteiger partial charge in [-0.15, -0.1) is 0 Å². The molecule has 8 nitrogen and oxygen atoms in total. The molecule has 0 radical (unpaired) electrons.